The second-order valence-electron chi connectivity index (χ2n) is 5.67. The van der Waals surface area contributed by atoms with Gasteiger partial charge in [0.1, 0.15) is 0 Å². The average Bonchev–Trinajstić information content (AvgIpc) is 2.49. The second-order valence-corrected chi connectivity index (χ2v) is 6.12. The van der Waals surface area contributed by atoms with E-state index in [1.807, 2.05) is 0 Å². The number of rotatable bonds is 2. The number of hydrogen-bond acceptors (Lipinski definition) is 0. The number of halogens is 1. The van der Waals surface area contributed by atoms with Crippen LogP contribution < -0.4 is 0 Å². The van der Waals surface area contributed by atoms with Crippen molar-refractivity contribution in [2.45, 2.75) is 26.7 Å². The summed E-state index contributed by atoms with van der Waals surface area (Å²) in [5.74, 6) is 0. The molecule has 2 aromatic carbocycles. The molecule has 3 rings (SSSR count). The lowest BCUT2D eigenvalue weighted by atomic mass is 9.87. The van der Waals surface area contributed by atoms with Crippen LogP contribution in [0.15, 0.2) is 59.6 Å². The highest BCUT2D eigenvalue weighted by atomic mass is 35.5. The third kappa shape index (κ3) is 2.96. The fourth-order valence-electron chi connectivity index (χ4n) is 2.74. The van der Waals surface area contributed by atoms with Crippen LogP contribution in [0, 0.1) is 13.8 Å². The van der Waals surface area contributed by atoms with Crippen LogP contribution in [0.1, 0.15) is 35.1 Å². The van der Waals surface area contributed by atoms with Gasteiger partial charge in [-0.25, -0.2) is 0 Å². The Morgan fingerprint density at radius 1 is 0.762 bits per heavy atom. The minimum Gasteiger partial charge on any atom is -0.0884 e. The Balaban J connectivity index is 2.08. The van der Waals surface area contributed by atoms with Crippen LogP contribution in [0.25, 0.3) is 11.1 Å². The van der Waals surface area contributed by atoms with Crippen LogP contribution >= 0.6 is 11.6 Å². The second kappa shape index (κ2) is 5.91. The maximum atomic E-state index is 6.57. The molecule has 1 heteroatoms. The zero-order chi connectivity index (χ0) is 14.8. The summed E-state index contributed by atoms with van der Waals surface area (Å²) >= 11 is 6.57. The van der Waals surface area contributed by atoms with Gasteiger partial charge in [-0.05, 0) is 43.4 Å². The molecule has 0 nitrogen and oxygen atoms in total. The number of aryl methyl sites for hydroxylation is 2. The van der Waals surface area contributed by atoms with Gasteiger partial charge in [0.25, 0.3) is 0 Å². The van der Waals surface area contributed by atoms with E-state index in [-0.39, 0.29) is 0 Å². The SMILES string of the molecule is Cc1ccc(C2=CCCC(Cl)=C2c2ccc(C)cc2)cc1. The molecule has 0 radical (unpaired) electrons. The Labute approximate surface area is 131 Å². The third-order valence-corrected chi connectivity index (χ3v) is 4.33. The largest absolute Gasteiger partial charge is 0.0884 e. The average molecular weight is 295 g/mol. The smallest absolute Gasteiger partial charge is 0.0268 e. The van der Waals surface area contributed by atoms with Gasteiger partial charge in [-0.2, -0.15) is 0 Å². The molecule has 0 saturated heterocycles. The van der Waals surface area contributed by atoms with Crippen LogP contribution in [0.5, 0.6) is 0 Å². The standard InChI is InChI=1S/C20H19Cl/c1-14-6-10-16(11-7-14)18-4-3-5-19(21)20(18)17-12-8-15(2)9-13-17/h4,6-13H,3,5H2,1-2H3. The van der Waals surface area contributed by atoms with Crippen LogP contribution in [0.2, 0.25) is 0 Å². The van der Waals surface area contributed by atoms with E-state index in [1.54, 1.807) is 0 Å². The molecule has 1 aliphatic carbocycles. The van der Waals surface area contributed by atoms with Gasteiger partial charge in [-0.3, -0.25) is 0 Å². The Kier molecular flexibility index (Phi) is 3.98. The molecule has 0 N–H and O–H groups in total. The van der Waals surface area contributed by atoms with Crippen molar-refractivity contribution in [2.24, 2.45) is 0 Å². The Morgan fingerprint density at radius 2 is 1.29 bits per heavy atom. The summed E-state index contributed by atoms with van der Waals surface area (Å²) < 4.78 is 0. The zero-order valence-corrected chi connectivity index (χ0v) is 13.2. The molecule has 0 saturated carbocycles. The summed E-state index contributed by atoms with van der Waals surface area (Å²) in [5, 5.41) is 0.969. The molecule has 2 aromatic rings. The van der Waals surface area contributed by atoms with Gasteiger partial charge in [-0.1, -0.05) is 77.3 Å². The van der Waals surface area contributed by atoms with Crippen LogP contribution in [-0.2, 0) is 0 Å². The summed E-state index contributed by atoms with van der Waals surface area (Å²) in [6, 6.07) is 17.3. The Bertz CT molecular complexity index is 701. The lowest BCUT2D eigenvalue weighted by Gasteiger charge is -2.20. The highest BCUT2D eigenvalue weighted by Crippen LogP contribution is 2.40. The van der Waals surface area contributed by atoms with Crippen molar-refractivity contribution in [2.75, 3.05) is 0 Å². The summed E-state index contributed by atoms with van der Waals surface area (Å²) in [6.45, 7) is 4.22. The van der Waals surface area contributed by atoms with E-state index in [0.717, 1.165) is 17.9 Å². The van der Waals surface area contributed by atoms with Crippen LogP contribution in [-0.4, -0.2) is 0 Å². The van der Waals surface area contributed by atoms with Crippen molar-refractivity contribution in [3.63, 3.8) is 0 Å². The Morgan fingerprint density at radius 3 is 1.86 bits per heavy atom. The van der Waals surface area contributed by atoms with Crippen molar-refractivity contribution in [3.05, 3.63) is 81.9 Å². The first-order chi connectivity index (χ1) is 10.1. The van der Waals surface area contributed by atoms with E-state index in [1.165, 1.54) is 33.4 Å². The van der Waals surface area contributed by atoms with Crippen LogP contribution in [0.4, 0.5) is 0 Å². The normalized spacial score (nSPS) is 15.1. The summed E-state index contributed by atoms with van der Waals surface area (Å²) in [7, 11) is 0. The molecule has 0 bridgehead atoms. The molecule has 0 unspecified atom stereocenters. The van der Waals surface area contributed by atoms with E-state index in [9.17, 15) is 0 Å². The van der Waals surface area contributed by atoms with Gasteiger partial charge in [0, 0.05) is 10.6 Å². The van der Waals surface area contributed by atoms with Crippen molar-refractivity contribution < 1.29 is 0 Å². The van der Waals surface area contributed by atoms with Crippen molar-refractivity contribution in [1.82, 2.24) is 0 Å². The first-order valence-corrected chi connectivity index (χ1v) is 7.76. The monoisotopic (exact) mass is 294 g/mol. The van der Waals surface area contributed by atoms with Crippen LogP contribution in [0.3, 0.4) is 0 Å². The molecule has 0 atom stereocenters. The topological polar surface area (TPSA) is 0 Å². The highest BCUT2D eigenvalue weighted by Gasteiger charge is 2.18. The molecular formula is C20H19Cl. The maximum Gasteiger partial charge on any atom is 0.0268 e. The minimum atomic E-state index is 0.931. The highest BCUT2D eigenvalue weighted by molar-refractivity contribution is 6.36. The van der Waals surface area contributed by atoms with Crippen molar-refractivity contribution >= 4 is 22.7 Å². The zero-order valence-electron chi connectivity index (χ0n) is 12.5. The van der Waals surface area contributed by atoms with Gasteiger partial charge >= 0.3 is 0 Å². The molecule has 0 heterocycles. The molecular weight excluding hydrogens is 276 g/mol. The predicted molar refractivity (Wildman–Crippen MR) is 92.3 cm³/mol. The third-order valence-electron chi connectivity index (χ3n) is 3.96. The van der Waals surface area contributed by atoms with Gasteiger partial charge in [-0.15, -0.1) is 0 Å². The number of allylic oxidation sites excluding steroid dienone is 4. The van der Waals surface area contributed by atoms with Gasteiger partial charge in [0.15, 0.2) is 0 Å². The van der Waals surface area contributed by atoms with E-state index < -0.39 is 0 Å². The molecule has 21 heavy (non-hydrogen) atoms. The van der Waals surface area contributed by atoms with E-state index in [4.69, 9.17) is 11.6 Å². The van der Waals surface area contributed by atoms with Crippen molar-refractivity contribution in [1.29, 1.82) is 0 Å². The first-order valence-electron chi connectivity index (χ1n) is 7.38. The molecule has 0 spiro atoms. The van der Waals surface area contributed by atoms with Crippen molar-refractivity contribution in [3.8, 4) is 0 Å². The van der Waals surface area contributed by atoms with Gasteiger partial charge in [0.2, 0.25) is 0 Å². The summed E-state index contributed by atoms with van der Waals surface area (Å²) in [4.78, 5) is 0. The lowest BCUT2D eigenvalue weighted by molar-refractivity contribution is 1.03. The molecule has 1 aliphatic rings. The predicted octanol–water partition coefficient (Wildman–Crippen LogP) is 6.13. The molecule has 0 fully saturated rings. The minimum absolute atomic E-state index is 0.931. The molecule has 0 amide bonds. The quantitative estimate of drug-likeness (QED) is 0.625. The summed E-state index contributed by atoms with van der Waals surface area (Å²) in [6.07, 6.45) is 4.25. The van der Waals surface area contributed by atoms with E-state index >= 15 is 0 Å². The fourth-order valence-corrected chi connectivity index (χ4v) is 3.06. The maximum absolute atomic E-state index is 6.57. The summed E-state index contributed by atoms with van der Waals surface area (Å²) in [5.41, 5.74) is 7.45. The lowest BCUT2D eigenvalue weighted by Crippen LogP contribution is -1.98. The van der Waals surface area contributed by atoms with Gasteiger partial charge < -0.3 is 0 Å². The first kappa shape index (κ1) is 14.2. The molecule has 0 aliphatic heterocycles. The molecule has 0 aromatic heterocycles. The molecule has 106 valence electrons. The van der Waals surface area contributed by atoms with E-state index in [0.29, 0.717) is 0 Å². The fraction of sp³-hybridized carbons (Fsp3) is 0.200. The number of benzene rings is 2. The Hall–Kier alpha value is -1.79. The van der Waals surface area contributed by atoms with Gasteiger partial charge in [0.05, 0.1) is 0 Å². The number of hydrogen-bond donors (Lipinski definition) is 0. The van der Waals surface area contributed by atoms with E-state index in [2.05, 4.69) is 68.5 Å².